The van der Waals surface area contributed by atoms with Gasteiger partial charge in [-0.3, -0.25) is 4.98 Å². The van der Waals surface area contributed by atoms with Crippen molar-refractivity contribution in [3.8, 4) is 5.75 Å². The first-order chi connectivity index (χ1) is 15.8. The van der Waals surface area contributed by atoms with E-state index in [1.165, 1.54) is 11.3 Å². The molecule has 0 aliphatic rings. The summed E-state index contributed by atoms with van der Waals surface area (Å²) in [4.78, 5) is 4.55. The maximum Gasteiger partial charge on any atom is 0.159 e. The number of pyridine rings is 1. The molecule has 2 aromatic carbocycles. The number of aromatic nitrogens is 2. The van der Waals surface area contributed by atoms with Crippen molar-refractivity contribution in [2.75, 3.05) is 20.2 Å². The molecule has 0 spiro atoms. The molecule has 0 saturated heterocycles. The first-order valence-electron chi connectivity index (χ1n) is 10.8. The van der Waals surface area contributed by atoms with Gasteiger partial charge in [-0.2, -0.15) is 0 Å². The molecule has 0 unspecified atom stereocenters. The van der Waals surface area contributed by atoms with Crippen molar-refractivity contribution in [2.45, 2.75) is 32.7 Å². The summed E-state index contributed by atoms with van der Waals surface area (Å²) in [5.41, 5.74) is 4.39. The van der Waals surface area contributed by atoms with Crippen LogP contribution < -0.4 is 10.1 Å². The second-order valence-electron chi connectivity index (χ2n) is 8.22. The molecule has 2 heterocycles. The number of ether oxygens (including phenoxy) is 1. The van der Waals surface area contributed by atoms with Gasteiger partial charge in [0.15, 0.2) is 5.75 Å². The predicted octanol–water partition coefficient (Wildman–Crippen LogP) is 7.99. The third-order valence-corrected chi connectivity index (χ3v) is 7.46. The van der Waals surface area contributed by atoms with Crippen LogP contribution in [-0.4, -0.2) is 29.8 Å². The topological polar surface area (TPSA) is 39.1 Å². The minimum absolute atomic E-state index is 0.320. The number of nitrogens with one attached hydrogen (secondary N) is 1. The lowest BCUT2D eigenvalue weighted by atomic mass is 10.0. The molecule has 2 aromatic heterocycles. The molecule has 33 heavy (non-hydrogen) atoms. The zero-order valence-electron chi connectivity index (χ0n) is 18.7. The minimum atomic E-state index is 0.320. The Morgan fingerprint density at radius 3 is 2.64 bits per heavy atom. The third-order valence-electron chi connectivity index (χ3n) is 5.71. The highest BCUT2D eigenvalue weighted by atomic mass is 79.9. The van der Waals surface area contributed by atoms with E-state index in [-0.39, 0.29) is 0 Å². The summed E-state index contributed by atoms with van der Waals surface area (Å²) in [5.74, 6) is 1.06. The van der Waals surface area contributed by atoms with E-state index < -0.39 is 0 Å². The number of rotatable bonds is 8. The predicted molar refractivity (Wildman–Crippen MR) is 146 cm³/mol. The summed E-state index contributed by atoms with van der Waals surface area (Å²) in [6, 6.07) is 9.79. The Bertz CT molecular complexity index is 1320. The van der Waals surface area contributed by atoms with Crippen LogP contribution in [0, 0.1) is 0 Å². The highest BCUT2D eigenvalue weighted by molar-refractivity contribution is 9.11. The van der Waals surface area contributed by atoms with Gasteiger partial charge >= 0.3 is 0 Å². The Hall–Kier alpha value is -1.31. The van der Waals surface area contributed by atoms with Crippen molar-refractivity contribution >= 4 is 76.9 Å². The molecular formula is C25H25Br2Cl2N3O. The molecule has 4 aromatic rings. The number of halogens is 4. The van der Waals surface area contributed by atoms with Gasteiger partial charge in [0.25, 0.3) is 0 Å². The van der Waals surface area contributed by atoms with Crippen LogP contribution in [0.25, 0.3) is 21.8 Å². The molecule has 0 aliphatic heterocycles. The second kappa shape index (κ2) is 10.5. The zero-order valence-corrected chi connectivity index (χ0v) is 23.4. The van der Waals surface area contributed by atoms with Crippen LogP contribution in [0.1, 0.15) is 31.0 Å². The van der Waals surface area contributed by atoms with Gasteiger partial charge in [-0.15, -0.1) is 0 Å². The van der Waals surface area contributed by atoms with Gasteiger partial charge in [-0.05, 0) is 71.7 Å². The largest absolute Gasteiger partial charge is 0.488 e. The van der Waals surface area contributed by atoms with E-state index in [2.05, 4.69) is 60.6 Å². The van der Waals surface area contributed by atoms with E-state index in [4.69, 9.17) is 27.9 Å². The van der Waals surface area contributed by atoms with Crippen molar-refractivity contribution in [2.24, 2.45) is 0 Å². The van der Waals surface area contributed by atoms with Crippen molar-refractivity contribution in [3.63, 3.8) is 0 Å². The molecule has 4 nitrogen and oxygen atoms in total. The molecule has 8 heteroatoms. The van der Waals surface area contributed by atoms with Gasteiger partial charge in [-0.25, -0.2) is 0 Å². The van der Waals surface area contributed by atoms with Crippen LogP contribution in [-0.2, 0) is 13.0 Å². The Morgan fingerprint density at radius 1 is 1.12 bits per heavy atom. The van der Waals surface area contributed by atoms with Crippen LogP contribution >= 0.6 is 55.1 Å². The maximum atomic E-state index is 6.72. The molecule has 0 saturated carbocycles. The molecule has 0 fully saturated rings. The van der Waals surface area contributed by atoms with E-state index >= 15 is 0 Å². The minimum Gasteiger partial charge on any atom is -0.488 e. The maximum absolute atomic E-state index is 6.72. The lowest BCUT2D eigenvalue weighted by Gasteiger charge is -2.17. The number of benzene rings is 2. The molecular weight excluding hydrogens is 589 g/mol. The van der Waals surface area contributed by atoms with Crippen molar-refractivity contribution in [1.82, 2.24) is 14.9 Å². The van der Waals surface area contributed by atoms with Crippen LogP contribution in [0.4, 0.5) is 0 Å². The summed E-state index contributed by atoms with van der Waals surface area (Å²) >= 11 is 20.4. The number of nitrogens with zero attached hydrogens (tertiary/aromatic N) is 2. The lowest BCUT2D eigenvalue weighted by molar-refractivity contribution is 0.299. The smallest absolute Gasteiger partial charge is 0.159 e. The molecule has 4 rings (SSSR count). The van der Waals surface area contributed by atoms with Crippen LogP contribution in [0.15, 0.2) is 45.5 Å². The van der Waals surface area contributed by atoms with Crippen LogP contribution in [0.2, 0.25) is 10.0 Å². The second-order valence-corrected chi connectivity index (χ2v) is 10.8. The summed E-state index contributed by atoms with van der Waals surface area (Å²) in [6.07, 6.45) is 2.68. The SMILES string of the molecule is CNCCc1c(C(C)C)n(CCOc2c(Br)cc(Br)c3cccnc23)c2c(Cl)cc(Cl)cc12. The molecule has 0 atom stereocenters. The number of hydrogen-bond acceptors (Lipinski definition) is 3. The van der Waals surface area contributed by atoms with Gasteiger partial charge in [-0.1, -0.05) is 59.0 Å². The highest BCUT2D eigenvalue weighted by Gasteiger charge is 2.22. The molecule has 0 bridgehead atoms. The van der Waals surface area contributed by atoms with Gasteiger partial charge in [0, 0.05) is 32.2 Å². The van der Waals surface area contributed by atoms with E-state index in [0.717, 1.165) is 49.5 Å². The third kappa shape index (κ3) is 4.92. The molecule has 0 aliphatic carbocycles. The standard InChI is InChI=1S/C25H25Br2Cl2N3O/c1-14(2)23-16(6-8-30-3)18-11-15(28)12-21(29)24(18)32(23)9-10-33-25-20(27)13-19(26)17-5-4-7-31-22(17)25/h4-5,7,11-14,30H,6,8-10H2,1-3H3. The first-order valence-corrected chi connectivity index (χ1v) is 13.2. The van der Waals surface area contributed by atoms with E-state index in [1.807, 2.05) is 37.4 Å². The lowest BCUT2D eigenvalue weighted by Crippen LogP contribution is -2.15. The monoisotopic (exact) mass is 611 g/mol. The number of likely N-dealkylation sites (N-methyl/N-ethyl adjacent to an activating group) is 1. The summed E-state index contributed by atoms with van der Waals surface area (Å²) in [7, 11) is 1.97. The molecule has 0 radical (unpaired) electrons. The van der Waals surface area contributed by atoms with Gasteiger partial charge in [0.2, 0.25) is 0 Å². The van der Waals surface area contributed by atoms with Crippen LogP contribution in [0.3, 0.4) is 0 Å². The highest BCUT2D eigenvalue weighted by Crippen LogP contribution is 2.39. The fraction of sp³-hybridized carbons (Fsp3) is 0.320. The van der Waals surface area contributed by atoms with Crippen molar-refractivity contribution < 1.29 is 4.74 Å². The zero-order chi connectivity index (χ0) is 23.7. The van der Waals surface area contributed by atoms with Gasteiger partial charge in [0.05, 0.1) is 21.6 Å². The fourth-order valence-electron chi connectivity index (χ4n) is 4.42. The average Bonchev–Trinajstić information content (AvgIpc) is 3.08. The number of fused-ring (bicyclic) bond motifs is 2. The first kappa shape index (κ1) is 24.8. The Morgan fingerprint density at radius 2 is 1.91 bits per heavy atom. The molecule has 1 N–H and O–H groups in total. The Labute approximate surface area is 220 Å². The van der Waals surface area contributed by atoms with Crippen molar-refractivity contribution in [1.29, 1.82) is 0 Å². The van der Waals surface area contributed by atoms with Gasteiger partial charge in [0.1, 0.15) is 12.1 Å². The van der Waals surface area contributed by atoms with E-state index in [1.54, 1.807) is 6.20 Å². The fourth-order valence-corrected chi connectivity index (χ4v) is 6.40. The molecule has 174 valence electrons. The summed E-state index contributed by atoms with van der Waals surface area (Å²) in [6.45, 7) is 6.43. The number of hydrogen-bond donors (Lipinski definition) is 1. The summed E-state index contributed by atoms with van der Waals surface area (Å²) < 4.78 is 10.4. The quantitative estimate of drug-likeness (QED) is 0.219. The van der Waals surface area contributed by atoms with E-state index in [0.29, 0.717) is 29.1 Å². The van der Waals surface area contributed by atoms with E-state index in [9.17, 15) is 0 Å². The summed E-state index contributed by atoms with van der Waals surface area (Å²) in [5, 5.41) is 6.70. The average molecular weight is 614 g/mol. The van der Waals surface area contributed by atoms with Crippen molar-refractivity contribution in [3.05, 3.63) is 66.8 Å². The normalized spacial score (nSPS) is 11.8. The Balaban J connectivity index is 1.74. The van der Waals surface area contributed by atoms with Crippen LogP contribution in [0.5, 0.6) is 5.75 Å². The molecule has 0 amide bonds. The van der Waals surface area contributed by atoms with Gasteiger partial charge < -0.3 is 14.6 Å². The Kier molecular flexibility index (Phi) is 7.91.